The molecule has 1 amide bonds. The topological polar surface area (TPSA) is 67.6 Å². The van der Waals surface area contributed by atoms with Crippen LogP contribution < -0.4 is 16.0 Å². The van der Waals surface area contributed by atoms with Gasteiger partial charge in [0, 0.05) is 24.3 Å². The summed E-state index contributed by atoms with van der Waals surface area (Å²) in [6, 6.07) is 3.08. The second kappa shape index (κ2) is 4.91. The predicted octanol–water partition coefficient (Wildman–Crippen LogP) is 1.91. The quantitative estimate of drug-likeness (QED) is 0.830. The van der Waals surface area contributed by atoms with E-state index in [-0.39, 0.29) is 18.1 Å². The number of fused-ring (bicyclic) bond motifs is 1. The van der Waals surface area contributed by atoms with Crippen LogP contribution in [0.2, 0.25) is 5.02 Å². The number of nitrogens with two attached hydrogens (primary N) is 1. The minimum absolute atomic E-state index is 0.153. The van der Waals surface area contributed by atoms with Crippen molar-refractivity contribution < 1.29 is 9.53 Å². The maximum Gasteiger partial charge on any atom is 0.245 e. The number of carbonyl (C=O) groups is 1. The van der Waals surface area contributed by atoms with Crippen LogP contribution in [0.5, 0.6) is 0 Å². The highest BCUT2D eigenvalue weighted by molar-refractivity contribution is 6.33. The fourth-order valence-electron chi connectivity index (χ4n) is 2.91. The highest BCUT2D eigenvalue weighted by Gasteiger charge is 2.30. The summed E-state index contributed by atoms with van der Waals surface area (Å²) >= 11 is 6.37. The van der Waals surface area contributed by atoms with Crippen molar-refractivity contribution in [2.75, 3.05) is 23.3 Å². The third-order valence-electron chi connectivity index (χ3n) is 3.75. The number of benzene rings is 1. The zero-order valence-electron chi connectivity index (χ0n) is 11.5. The van der Waals surface area contributed by atoms with Crippen LogP contribution in [-0.2, 0) is 9.53 Å². The second-order valence-corrected chi connectivity index (χ2v) is 5.93. The van der Waals surface area contributed by atoms with Gasteiger partial charge in [-0.2, -0.15) is 0 Å². The fourth-order valence-corrected chi connectivity index (χ4v) is 3.20. The number of nitrogens with one attached hydrogen (secondary N) is 1. The van der Waals surface area contributed by atoms with Crippen molar-refractivity contribution in [3.05, 3.63) is 22.7 Å². The molecular weight excluding hydrogens is 278 g/mol. The van der Waals surface area contributed by atoms with Crippen LogP contribution in [0.4, 0.5) is 11.4 Å². The van der Waals surface area contributed by atoms with Crippen molar-refractivity contribution in [1.82, 2.24) is 0 Å². The number of amides is 1. The Balaban J connectivity index is 1.95. The van der Waals surface area contributed by atoms with Crippen LogP contribution in [0.1, 0.15) is 25.5 Å². The van der Waals surface area contributed by atoms with Gasteiger partial charge in [-0.3, -0.25) is 4.79 Å². The molecular formula is C14H18ClN3O2. The van der Waals surface area contributed by atoms with E-state index < -0.39 is 6.04 Å². The van der Waals surface area contributed by atoms with Gasteiger partial charge in [-0.25, -0.2) is 0 Å². The SMILES string of the molecule is C[C@@H]1CN(c2cc3c(cc2Cl)C(N)C(=O)N3)C[C@H](C)O1. The Morgan fingerprint density at radius 2 is 2.00 bits per heavy atom. The molecule has 3 N–H and O–H groups in total. The lowest BCUT2D eigenvalue weighted by Gasteiger charge is -2.37. The van der Waals surface area contributed by atoms with E-state index in [0.29, 0.717) is 5.02 Å². The molecule has 3 atom stereocenters. The van der Waals surface area contributed by atoms with Crippen molar-refractivity contribution in [1.29, 1.82) is 0 Å². The number of nitrogens with zero attached hydrogens (tertiary/aromatic N) is 1. The Morgan fingerprint density at radius 3 is 2.65 bits per heavy atom. The molecule has 0 radical (unpaired) electrons. The largest absolute Gasteiger partial charge is 0.372 e. The zero-order chi connectivity index (χ0) is 14.4. The molecule has 6 heteroatoms. The first-order valence-electron chi connectivity index (χ1n) is 6.76. The summed E-state index contributed by atoms with van der Waals surface area (Å²) in [5.74, 6) is -0.183. The van der Waals surface area contributed by atoms with Crippen LogP contribution >= 0.6 is 11.6 Å². The first-order valence-corrected chi connectivity index (χ1v) is 7.14. The molecule has 1 aromatic carbocycles. The van der Waals surface area contributed by atoms with Crippen molar-refractivity contribution in [2.45, 2.75) is 32.1 Å². The molecule has 0 spiro atoms. The third-order valence-corrected chi connectivity index (χ3v) is 4.06. The molecule has 20 heavy (non-hydrogen) atoms. The fraction of sp³-hybridized carbons (Fsp3) is 0.500. The van der Waals surface area contributed by atoms with E-state index in [0.717, 1.165) is 30.0 Å². The van der Waals surface area contributed by atoms with Gasteiger partial charge in [0.2, 0.25) is 5.91 Å². The number of ether oxygens (including phenoxy) is 1. The van der Waals surface area contributed by atoms with E-state index in [9.17, 15) is 4.79 Å². The molecule has 3 rings (SSSR count). The molecule has 1 unspecified atom stereocenters. The maximum absolute atomic E-state index is 11.6. The summed E-state index contributed by atoms with van der Waals surface area (Å²) in [4.78, 5) is 13.8. The molecule has 1 fully saturated rings. The van der Waals surface area contributed by atoms with Gasteiger partial charge < -0.3 is 20.7 Å². The van der Waals surface area contributed by atoms with E-state index in [2.05, 4.69) is 10.2 Å². The van der Waals surface area contributed by atoms with Crippen molar-refractivity contribution in [3.8, 4) is 0 Å². The normalized spacial score (nSPS) is 29.3. The second-order valence-electron chi connectivity index (χ2n) is 5.52. The van der Waals surface area contributed by atoms with Gasteiger partial charge in [0.25, 0.3) is 0 Å². The third kappa shape index (κ3) is 2.26. The predicted molar refractivity (Wildman–Crippen MR) is 79.2 cm³/mol. The van der Waals surface area contributed by atoms with Crippen LogP contribution in [0.25, 0.3) is 0 Å². The average molecular weight is 296 g/mol. The van der Waals surface area contributed by atoms with Crippen LogP contribution in [0, 0.1) is 0 Å². The average Bonchev–Trinajstić information content (AvgIpc) is 2.63. The van der Waals surface area contributed by atoms with Gasteiger partial charge >= 0.3 is 0 Å². The van der Waals surface area contributed by atoms with Crippen molar-refractivity contribution in [2.24, 2.45) is 5.73 Å². The summed E-state index contributed by atoms with van der Waals surface area (Å²) in [5, 5.41) is 3.42. The van der Waals surface area contributed by atoms with Gasteiger partial charge in [0.05, 0.1) is 22.9 Å². The van der Waals surface area contributed by atoms with E-state index in [4.69, 9.17) is 22.1 Å². The molecule has 1 saturated heterocycles. The van der Waals surface area contributed by atoms with E-state index in [1.165, 1.54) is 0 Å². The first-order chi connectivity index (χ1) is 9.45. The molecule has 2 aliphatic rings. The smallest absolute Gasteiger partial charge is 0.245 e. The lowest BCUT2D eigenvalue weighted by molar-refractivity contribution is -0.116. The highest BCUT2D eigenvalue weighted by Crippen LogP contribution is 2.38. The van der Waals surface area contributed by atoms with Crippen LogP contribution in [-0.4, -0.2) is 31.2 Å². The number of hydrogen-bond acceptors (Lipinski definition) is 4. The highest BCUT2D eigenvalue weighted by atomic mass is 35.5. The Hall–Kier alpha value is -1.30. The van der Waals surface area contributed by atoms with Gasteiger partial charge in [-0.05, 0) is 26.0 Å². The molecule has 1 aromatic rings. The number of carbonyl (C=O) groups excluding carboxylic acids is 1. The number of hydrogen-bond donors (Lipinski definition) is 2. The molecule has 0 aliphatic carbocycles. The molecule has 2 aliphatic heterocycles. The summed E-state index contributed by atoms with van der Waals surface area (Å²) in [6.07, 6.45) is 0.305. The number of rotatable bonds is 1. The zero-order valence-corrected chi connectivity index (χ0v) is 12.3. The summed E-state index contributed by atoms with van der Waals surface area (Å²) in [7, 11) is 0. The Kier molecular flexibility index (Phi) is 3.36. The number of halogens is 1. The Bertz CT molecular complexity index is 554. The maximum atomic E-state index is 11.6. The summed E-state index contributed by atoms with van der Waals surface area (Å²) in [6.45, 7) is 5.65. The molecule has 108 valence electrons. The lowest BCUT2D eigenvalue weighted by Crippen LogP contribution is -2.45. The lowest BCUT2D eigenvalue weighted by atomic mass is 10.1. The van der Waals surface area contributed by atoms with Gasteiger partial charge in [0.15, 0.2) is 0 Å². The standard InChI is InChI=1S/C14H18ClN3O2/c1-7-5-18(6-8(2)20-7)12-4-11-9(3-10(12)15)13(16)14(19)17-11/h3-4,7-8,13H,5-6,16H2,1-2H3,(H,17,19)/t7-,8+,13?. The summed E-state index contributed by atoms with van der Waals surface area (Å²) < 4.78 is 5.73. The Labute approximate surface area is 123 Å². The van der Waals surface area contributed by atoms with Gasteiger partial charge in [0.1, 0.15) is 6.04 Å². The van der Waals surface area contributed by atoms with Gasteiger partial charge in [-0.15, -0.1) is 0 Å². The minimum atomic E-state index is -0.626. The number of morpholine rings is 1. The molecule has 5 nitrogen and oxygen atoms in total. The van der Waals surface area contributed by atoms with E-state index in [1.807, 2.05) is 19.9 Å². The van der Waals surface area contributed by atoms with Crippen LogP contribution in [0.15, 0.2) is 12.1 Å². The molecule has 0 saturated carbocycles. The minimum Gasteiger partial charge on any atom is -0.372 e. The Morgan fingerprint density at radius 1 is 1.35 bits per heavy atom. The van der Waals surface area contributed by atoms with Crippen molar-refractivity contribution in [3.63, 3.8) is 0 Å². The molecule has 0 aromatic heterocycles. The molecule has 2 heterocycles. The summed E-state index contributed by atoms with van der Waals surface area (Å²) in [5.41, 5.74) is 8.27. The number of anilines is 2. The monoisotopic (exact) mass is 295 g/mol. The van der Waals surface area contributed by atoms with Gasteiger partial charge in [-0.1, -0.05) is 11.6 Å². The van der Waals surface area contributed by atoms with E-state index in [1.54, 1.807) is 6.07 Å². The van der Waals surface area contributed by atoms with E-state index >= 15 is 0 Å². The molecule has 0 bridgehead atoms. The van der Waals surface area contributed by atoms with Crippen molar-refractivity contribution >= 4 is 28.9 Å². The van der Waals surface area contributed by atoms with Crippen LogP contribution in [0.3, 0.4) is 0 Å². The first kappa shape index (κ1) is 13.7.